The minimum atomic E-state index is -0.434. The first kappa shape index (κ1) is 17.8. The summed E-state index contributed by atoms with van der Waals surface area (Å²) in [4.78, 5) is 25.5. The van der Waals surface area contributed by atoms with Gasteiger partial charge >= 0.3 is 5.97 Å². The zero-order valence-corrected chi connectivity index (χ0v) is 14.6. The van der Waals surface area contributed by atoms with Crippen molar-refractivity contribution >= 4 is 11.9 Å². The lowest BCUT2D eigenvalue weighted by Crippen LogP contribution is -2.26. The molecule has 0 saturated heterocycles. The van der Waals surface area contributed by atoms with Crippen molar-refractivity contribution in [3.05, 3.63) is 58.5 Å². The number of rotatable bonds is 6. The Hall–Kier alpha value is -2.56. The number of carbonyl (C=O) groups is 2. The molecule has 0 aliphatic heterocycles. The second kappa shape index (κ2) is 7.81. The molecule has 0 saturated carbocycles. The number of nitrogens with zero attached hydrogens (tertiary/aromatic N) is 1. The standard InChI is InChI=1S/C19H23NO4/c1-13-6-5-7-15(10-13)8-9-18(21)20(3)12-16-11-17(14(2)24-16)19(22)23-4/h5-7,10-11H,8-9,12H2,1-4H3. The summed E-state index contributed by atoms with van der Waals surface area (Å²) in [6.45, 7) is 4.06. The van der Waals surface area contributed by atoms with Crippen LogP contribution in [-0.2, 0) is 22.5 Å². The Labute approximate surface area is 142 Å². The summed E-state index contributed by atoms with van der Waals surface area (Å²) < 4.78 is 10.2. The van der Waals surface area contributed by atoms with E-state index in [0.29, 0.717) is 36.5 Å². The summed E-state index contributed by atoms with van der Waals surface area (Å²) in [5, 5.41) is 0. The molecule has 0 bridgehead atoms. The van der Waals surface area contributed by atoms with Gasteiger partial charge in [-0.25, -0.2) is 4.79 Å². The Bertz CT molecular complexity index is 733. The van der Waals surface area contributed by atoms with Crippen LogP contribution in [0.25, 0.3) is 0 Å². The molecule has 0 aliphatic carbocycles. The molecule has 1 aromatic heterocycles. The lowest BCUT2D eigenvalue weighted by atomic mass is 10.1. The molecule has 1 amide bonds. The Morgan fingerprint density at radius 2 is 1.96 bits per heavy atom. The van der Waals surface area contributed by atoms with Crippen molar-refractivity contribution in [3.8, 4) is 0 Å². The third-order valence-electron chi connectivity index (χ3n) is 3.90. The number of furan rings is 1. The van der Waals surface area contributed by atoms with Gasteiger partial charge in [0.2, 0.25) is 5.91 Å². The molecular formula is C19H23NO4. The maximum absolute atomic E-state index is 12.3. The van der Waals surface area contributed by atoms with Crippen LogP contribution in [0, 0.1) is 13.8 Å². The van der Waals surface area contributed by atoms with Crippen LogP contribution in [0.5, 0.6) is 0 Å². The number of ether oxygens (including phenoxy) is 1. The van der Waals surface area contributed by atoms with Gasteiger partial charge in [0.25, 0.3) is 0 Å². The van der Waals surface area contributed by atoms with E-state index < -0.39 is 5.97 Å². The van der Waals surface area contributed by atoms with Crippen LogP contribution < -0.4 is 0 Å². The van der Waals surface area contributed by atoms with Crippen molar-refractivity contribution in [2.24, 2.45) is 0 Å². The summed E-state index contributed by atoms with van der Waals surface area (Å²) in [7, 11) is 3.06. The molecule has 0 fully saturated rings. The number of amides is 1. The molecule has 0 atom stereocenters. The van der Waals surface area contributed by atoms with Crippen LogP contribution in [0.15, 0.2) is 34.7 Å². The van der Waals surface area contributed by atoms with Gasteiger partial charge in [0.1, 0.15) is 17.1 Å². The largest absolute Gasteiger partial charge is 0.465 e. The van der Waals surface area contributed by atoms with Crippen LogP contribution in [0.3, 0.4) is 0 Å². The Kier molecular flexibility index (Phi) is 5.79. The molecule has 0 spiro atoms. The zero-order chi connectivity index (χ0) is 17.7. The molecule has 0 aliphatic rings. The van der Waals surface area contributed by atoms with E-state index in [-0.39, 0.29) is 5.91 Å². The number of methoxy groups -OCH3 is 1. The highest BCUT2D eigenvalue weighted by molar-refractivity contribution is 5.90. The van der Waals surface area contributed by atoms with E-state index in [2.05, 4.69) is 6.07 Å². The predicted octanol–water partition coefficient (Wildman–Crippen LogP) is 3.27. The SMILES string of the molecule is COC(=O)c1cc(CN(C)C(=O)CCc2cccc(C)c2)oc1C. The first-order valence-electron chi connectivity index (χ1n) is 7.88. The maximum atomic E-state index is 12.3. The molecule has 0 radical (unpaired) electrons. The van der Waals surface area contributed by atoms with Crippen molar-refractivity contribution in [2.45, 2.75) is 33.2 Å². The first-order valence-corrected chi connectivity index (χ1v) is 7.88. The third kappa shape index (κ3) is 4.47. The van der Waals surface area contributed by atoms with E-state index in [4.69, 9.17) is 9.15 Å². The Morgan fingerprint density at radius 3 is 2.62 bits per heavy atom. The van der Waals surface area contributed by atoms with Gasteiger partial charge in [-0.05, 0) is 31.9 Å². The van der Waals surface area contributed by atoms with E-state index >= 15 is 0 Å². The van der Waals surface area contributed by atoms with E-state index in [1.54, 1.807) is 24.9 Å². The topological polar surface area (TPSA) is 59.8 Å². The second-order valence-electron chi connectivity index (χ2n) is 5.91. The van der Waals surface area contributed by atoms with Gasteiger partial charge in [0.05, 0.1) is 13.7 Å². The average molecular weight is 329 g/mol. The number of aryl methyl sites for hydroxylation is 3. The van der Waals surface area contributed by atoms with Gasteiger partial charge in [-0.3, -0.25) is 4.79 Å². The number of hydrogen-bond donors (Lipinski definition) is 0. The quantitative estimate of drug-likeness (QED) is 0.763. The second-order valence-corrected chi connectivity index (χ2v) is 5.91. The molecule has 2 rings (SSSR count). The molecule has 24 heavy (non-hydrogen) atoms. The number of esters is 1. The van der Waals surface area contributed by atoms with Gasteiger partial charge in [0.15, 0.2) is 0 Å². The summed E-state index contributed by atoms with van der Waals surface area (Å²) >= 11 is 0. The Balaban J connectivity index is 1.93. The molecule has 0 N–H and O–H groups in total. The first-order chi connectivity index (χ1) is 11.4. The fourth-order valence-electron chi connectivity index (χ4n) is 2.57. The van der Waals surface area contributed by atoms with Gasteiger partial charge in [-0.2, -0.15) is 0 Å². The third-order valence-corrected chi connectivity index (χ3v) is 3.90. The number of hydrogen-bond acceptors (Lipinski definition) is 4. The average Bonchev–Trinajstić information content (AvgIpc) is 2.92. The summed E-state index contributed by atoms with van der Waals surface area (Å²) in [6.07, 6.45) is 1.14. The minimum absolute atomic E-state index is 0.0326. The van der Waals surface area contributed by atoms with Crippen molar-refractivity contribution in [1.29, 1.82) is 0 Å². The van der Waals surface area contributed by atoms with Crippen LogP contribution in [0.1, 0.15) is 39.4 Å². The molecule has 1 aromatic carbocycles. The molecule has 0 unspecified atom stereocenters. The highest BCUT2D eigenvalue weighted by Crippen LogP contribution is 2.17. The predicted molar refractivity (Wildman–Crippen MR) is 90.8 cm³/mol. The normalized spacial score (nSPS) is 10.5. The molecule has 5 nitrogen and oxygen atoms in total. The molecular weight excluding hydrogens is 306 g/mol. The highest BCUT2D eigenvalue weighted by Gasteiger charge is 2.17. The fourth-order valence-corrected chi connectivity index (χ4v) is 2.57. The van der Waals surface area contributed by atoms with E-state index in [1.165, 1.54) is 12.7 Å². The van der Waals surface area contributed by atoms with Crippen molar-refractivity contribution in [2.75, 3.05) is 14.2 Å². The van der Waals surface area contributed by atoms with Crippen molar-refractivity contribution < 1.29 is 18.7 Å². The summed E-state index contributed by atoms with van der Waals surface area (Å²) in [5.74, 6) is 0.665. The minimum Gasteiger partial charge on any atom is -0.465 e. The van der Waals surface area contributed by atoms with Crippen molar-refractivity contribution in [3.63, 3.8) is 0 Å². The molecule has 5 heteroatoms. The van der Waals surface area contributed by atoms with Gasteiger partial charge < -0.3 is 14.1 Å². The fraction of sp³-hybridized carbons (Fsp3) is 0.368. The highest BCUT2D eigenvalue weighted by atomic mass is 16.5. The van der Waals surface area contributed by atoms with Crippen LogP contribution in [0.2, 0.25) is 0 Å². The van der Waals surface area contributed by atoms with Gasteiger partial charge in [-0.1, -0.05) is 29.8 Å². The molecule has 128 valence electrons. The van der Waals surface area contributed by atoms with Crippen LogP contribution in [0.4, 0.5) is 0 Å². The molecule has 2 aromatic rings. The number of benzene rings is 1. The monoisotopic (exact) mass is 329 g/mol. The van der Waals surface area contributed by atoms with Gasteiger partial charge in [0, 0.05) is 13.5 Å². The maximum Gasteiger partial charge on any atom is 0.341 e. The van der Waals surface area contributed by atoms with E-state index in [9.17, 15) is 9.59 Å². The van der Waals surface area contributed by atoms with Gasteiger partial charge in [-0.15, -0.1) is 0 Å². The number of carbonyl (C=O) groups excluding carboxylic acids is 2. The molecule has 1 heterocycles. The zero-order valence-electron chi connectivity index (χ0n) is 14.6. The Morgan fingerprint density at radius 1 is 1.21 bits per heavy atom. The smallest absolute Gasteiger partial charge is 0.341 e. The van der Waals surface area contributed by atoms with Crippen LogP contribution in [-0.4, -0.2) is 30.9 Å². The summed E-state index contributed by atoms with van der Waals surface area (Å²) in [5.41, 5.74) is 2.74. The van der Waals surface area contributed by atoms with Crippen LogP contribution >= 0.6 is 0 Å². The van der Waals surface area contributed by atoms with Crippen molar-refractivity contribution in [1.82, 2.24) is 4.90 Å². The van der Waals surface area contributed by atoms with E-state index in [1.807, 2.05) is 25.1 Å². The lowest BCUT2D eigenvalue weighted by molar-refractivity contribution is -0.130. The summed E-state index contributed by atoms with van der Waals surface area (Å²) in [6, 6.07) is 9.78. The van der Waals surface area contributed by atoms with E-state index in [0.717, 1.165) is 5.56 Å². The lowest BCUT2D eigenvalue weighted by Gasteiger charge is -2.15.